The van der Waals surface area contributed by atoms with Gasteiger partial charge in [-0.15, -0.1) is 0 Å². The molecule has 0 amide bonds. The van der Waals surface area contributed by atoms with Crippen LogP contribution in [0.25, 0.3) is 0 Å². The largest absolute Gasteiger partial charge is 0.280 e. The van der Waals surface area contributed by atoms with Crippen LogP contribution in [0.1, 0.15) is 5.56 Å². The van der Waals surface area contributed by atoms with Crippen molar-refractivity contribution in [1.82, 2.24) is 0 Å². The highest BCUT2D eigenvalue weighted by molar-refractivity contribution is 7.92. The molecule has 0 radical (unpaired) electrons. The van der Waals surface area contributed by atoms with E-state index in [1.807, 2.05) is 6.07 Å². The van der Waals surface area contributed by atoms with E-state index in [1.54, 1.807) is 0 Å². The van der Waals surface area contributed by atoms with Crippen molar-refractivity contribution in [2.75, 3.05) is 4.72 Å². The molecule has 0 aromatic heterocycles. The van der Waals surface area contributed by atoms with Crippen LogP contribution in [0, 0.1) is 17.1 Å². The number of sulfonamides is 1. The maximum atomic E-state index is 13.6. The molecule has 0 heterocycles. The van der Waals surface area contributed by atoms with Crippen molar-refractivity contribution in [3.63, 3.8) is 0 Å². The molecule has 0 fully saturated rings. The number of halogens is 3. The maximum absolute atomic E-state index is 13.6. The SMILES string of the molecule is N#Cc1cccc(NS(=O)(=O)c2ccc(Cl)c(F)c2Cl)c1. The van der Waals surface area contributed by atoms with E-state index in [9.17, 15) is 12.8 Å². The fraction of sp³-hybridized carbons (Fsp3) is 0. The van der Waals surface area contributed by atoms with Crippen molar-refractivity contribution in [2.45, 2.75) is 4.90 Å². The summed E-state index contributed by atoms with van der Waals surface area (Å²) in [6.07, 6.45) is 0. The van der Waals surface area contributed by atoms with Gasteiger partial charge in [0, 0.05) is 0 Å². The van der Waals surface area contributed by atoms with Gasteiger partial charge in [0.2, 0.25) is 0 Å². The van der Waals surface area contributed by atoms with Crippen LogP contribution in [-0.2, 0) is 10.0 Å². The summed E-state index contributed by atoms with van der Waals surface area (Å²) in [5.74, 6) is -1.01. The number of nitriles is 1. The third-order valence-electron chi connectivity index (χ3n) is 2.53. The second kappa shape index (κ2) is 5.90. The van der Waals surface area contributed by atoms with Gasteiger partial charge in [0.25, 0.3) is 10.0 Å². The summed E-state index contributed by atoms with van der Waals surface area (Å²) >= 11 is 11.2. The molecular formula is C13H7Cl2FN2O2S. The Kier molecular flexibility index (Phi) is 4.37. The Morgan fingerprint density at radius 3 is 2.57 bits per heavy atom. The number of rotatable bonds is 3. The summed E-state index contributed by atoms with van der Waals surface area (Å²) in [7, 11) is -4.10. The zero-order chi connectivity index (χ0) is 15.6. The summed E-state index contributed by atoms with van der Waals surface area (Å²) in [5.41, 5.74) is 0.448. The lowest BCUT2D eigenvalue weighted by atomic mass is 10.2. The van der Waals surface area contributed by atoms with Crippen LogP contribution in [0.2, 0.25) is 10.0 Å². The Morgan fingerprint density at radius 2 is 1.90 bits per heavy atom. The van der Waals surface area contributed by atoms with Gasteiger partial charge >= 0.3 is 0 Å². The van der Waals surface area contributed by atoms with Crippen molar-refractivity contribution in [3.05, 3.63) is 57.8 Å². The predicted octanol–water partition coefficient (Wildman–Crippen LogP) is 3.80. The molecule has 4 nitrogen and oxygen atoms in total. The molecule has 21 heavy (non-hydrogen) atoms. The third kappa shape index (κ3) is 3.27. The van der Waals surface area contributed by atoms with Gasteiger partial charge in [0.15, 0.2) is 5.82 Å². The highest BCUT2D eigenvalue weighted by Gasteiger charge is 2.22. The molecule has 0 bridgehead atoms. The molecule has 1 N–H and O–H groups in total. The van der Waals surface area contributed by atoms with Crippen molar-refractivity contribution in [2.24, 2.45) is 0 Å². The van der Waals surface area contributed by atoms with E-state index in [4.69, 9.17) is 28.5 Å². The smallest absolute Gasteiger partial charge is 0.263 e. The average molecular weight is 345 g/mol. The van der Waals surface area contributed by atoms with Crippen molar-refractivity contribution in [1.29, 1.82) is 5.26 Å². The quantitative estimate of drug-likeness (QED) is 0.860. The summed E-state index contributed by atoms with van der Waals surface area (Å²) in [6.45, 7) is 0. The minimum absolute atomic E-state index is 0.167. The lowest BCUT2D eigenvalue weighted by Gasteiger charge is -2.10. The molecule has 0 atom stereocenters. The van der Waals surface area contributed by atoms with Gasteiger partial charge in [-0.1, -0.05) is 29.3 Å². The van der Waals surface area contributed by atoms with Crippen LogP contribution in [0.15, 0.2) is 41.3 Å². The molecule has 2 rings (SSSR count). The van der Waals surface area contributed by atoms with Gasteiger partial charge in [-0.25, -0.2) is 12.8 Å². The summed E-state index contributed by atoms with van der Waals surface area (Å²) in [5, 5.41) is 7.91. The van der Waals surface area contributed by atoms with Crippen LogP contribution in [0.5, 0.6) is 0 Å². The molecular weight excluding hydrogens is 338 g/mol. The number of anilines is 1. The van der Waals surface area contributed by atoms with E-state index in [-0.39, 0.29) is 16.3 Å². The lowest BCUT2D eigenvalue weighted by Crippen LogP contribution is -2.14. The van der Waals surface area contributed by atoms with Gasteiger partial charge in [-0.05, 0) is 30.3 Å². The molecule has 8 heteroatoms. The Bertz CT molecular complexity index is 848. The Balaban J connectivity index is 2.44. The van der Waals surface area contributed by atoms with E-state index >= 15 is 0 Å². The zero-order valence-corrected chi connectivity index (χ0v) is 12.6. The molecule has 0 aliphatic rings. The topological polar surface area (TPSA) is 70.0 Å². The van der Waals surface area contributed by atoms with Gasteiger partial charge < -0.3 is 0 Å². The van der Waals surface area contributed by atoms with E-state index in [2.05, 4.69) is 4.72 Å². The van der Waals surface area contributed by atoms with E-state index < -0.39 is 25.8 Å². The fourth-order valence-corrected chi connectivity index (χ4v) is 3.37. The van der Waals surface area contributed by atoms with Gasteiger partial charge in [-0.2, -0.15) is 5.26 Å². The monoisotopic (exact) mass is 344 g/mol. The first-order valence-corrected chi connectivity index (χ1v) is 7.75. The number of hydrogen-bond donors (Lipinski definition) is 1. The Labute approximate surface area is 130 Å². The molecule has 0 spiro atoms. The molecule has 0 saturated carbocycles. The van der Waals surface area contributed by atoms with Crippen LogP contribution < -0.4 is 4.72 Å². The first-order chi connectivity index (χ1) is 9.85. The van der Waals surface area contributed by atoms with E-state index in [0.717, 1.165) is 12.1 Å². The first kappa shape index (κ1) is 15.6. The second-order valence-corrected chi connectivity index (χ2v) is 6.41. The lowest BCUT2D eigenvalue weighted by molar-refractivity contribution is 0.595. The normalized spacial score (nSPS) is 11.0. The molecule has 0 unspecified atom stereocenters. The first-order valence-electron chi connectivity index (χ1n) is 5.51. The molecule has 0 aliphatic heterocycles. The highest BCUT2D eigenvalue weighted by Crippen LogP contribution is 2.30. The summed E-state index contributed by atoms with van der Waals surface area (Å²) < 4.78 is 40.2. The van der Waals surface area contributed by atoms with Crippen LogP contribution in [-0.4, -0.2) is 8.42 Å². The van der Waals surface area contributed by atoms with Crippen molar-refractivity contribution >= 4 is 38.9 Å². The number of benzene rings is 2. The van der Waals surface area contributed by atoms with Crippen LogP contribution in [0.3, 0.4) is 0 Å². The molecule has 0 saturated heterocycles. The number of nitrogens with zero attached hydrogens (tertiary/aromatic N) is 1. The highest BCUT2D eigenvalue weighted by atomic mass is 35.5. The standard InChI is InChI=1S/C13H7Cl2FN2O2S/c14-10-4-5-11(12(15)13(10)16)21(19,20)18-9-3-1-2-8(6-9)7-17/h1-6,18H. The van der Waals surface area contributed by atoms with E-state index in [0.29, 0.717) is 0 Å². The minimum Gasteiger partial charge on any atom is -0.280 e. The number of hydrogen-bond acceptors (Lipinski definition) is 3. The van der Waals surface area contributed by atoms with Gasteiger partial charge in [0.05, 0.1) is 27.4 Å². The molecule has 2 aromatic carbocycles. The maximum Gasteiger partial charge on any atom is 0.263 e. The Morgan fingerprint density at radius 1 is 1.19 bits per heavy atom. The Hall–Kier alpha value is -1.81. The predicted molar refractivity (Wildman–Crippen MR) is 78.4 cm³/mol. The second-order valence-electron chi connectivity index (χ2n) is 3.97. The van der Waals surface area contributed by atoms with Crippen molar-refractivity contribution < 1.29 is 12.8 Å². The van der Waals surface area contributed by atoms with Gasteiger partial charge in [0.1, 0.15) is 4.90 Å². The molecule has 2 aromatic rings. The van der Waals surface area contributed by atoms with Crippen LogP contribution >= 0.6 is 23.2 Å². The molecule has 0 aliphatic carbocycles. The fourth-order valence-electron chi connectivity index (χ4n) is 1.58. The summed E-state index contributed by atoms with van der Waals surface area (Å²) in [4.78, 5) is -0.437. The minimum atomic E-state index is -4.10. The average Bonchev–Trinajstić information content (AvgIpc) is 2.44. The summed E-state index contributed by atoms with van der Waals surface area (Å²) in [6, 6.07) is 9.92. The third-order valence-corrected chi connectivity index (χ3v) is 4.73. The number of nitrogens with one attached hydrogen (secondary N) is 1. The zero-order valence-electron chi connectivity index (χ0n) is 10.3. The van der Waals surface area contributed by atoms with E-state index in [1.165, 1.54) is 24.3 Å². The molecule has 108 valence electrons. The van der Waals surface area contributed by atoms with Crippen LogP contribution in [0.4, 0.5) is 10.1 Å². The van der Waals surface area contributed by atoms with Crippen molar-refractivity contribution in [3.8, 4) is 6.07 Å². The van der Waals surface area contributed by atoms with Gasteiger partial charge in [-0.3, -0.25) is 4.72 Å².